The smallest absolute Gasteiger partial charge is 0.295 e. The Kier molecular flexibility index (Phi) is 5.41. The maximum atomic E-state index is 13.0. The molecule has 7 nitrogen and oxygen atoms in total. The second-order valence-electron chi connectivity index (χ2n) is 7.08. The number of ether oxygens (including phenoxy) is 1. The van der Waals surface area contributed by atoms with Gasteiger partial charge in [-0.2, -0.15) is 0 Å². The van der Waals surface area contributed by atoms with Crippen LogP contribution >= 0.6 is 0 Å². The maximum absolute atomic E-state index is 13.0. The number of methoxy groups -OCH3 is 1. The number of Topliss-reactive ketones (excluding diaryl/α,β-unsaturated/α-hetero) is 1. The van der Waals surface area contributed by atoms with E-state index in [-0.39, 0.29) is 29.4 Å². The number of nitrogens with zero attached hydrogens (tertiary/aromatic N) is 2. The molecule has 1 atom stereocenters. The number of rotatable bonds is 5. The van der Waals surface area contributed by atoms with Crippen molar-refractivity contribution < 1.29 is 24.5 Å². The summed E-state index contributed by atoms with van der Waals surface area (Å²) in [7, 11) is 1.41. The van der Waals surface area contributed by atoms with Gasteiger partial charge in [-0.15, -0.1) is 0 Å². The Labute approximate surface area is 178 Å². The fourth-order valence-corrected chi connectivity index (χ4v) is 3.70. The lowest BCUT2D eigenvalue weighted by Crippen LogP contribution is -2.29. The van der Waals surface area contributed by atoms with Crippen molar-refractivity contribution in [2.24, 2.45) is 0 Å². The van der Waals surface area contributed by atoms with E-state index in [9.17, 15) is 19.8 Å². The lowest BCUT2D eigenvalue weighted by molar-refractivity contribution is -0.140. The molecule has 0 saturated carbocycles. The van der Waals surface area contributed by atoms with Crippen molar-refractivity contribution in [1.82, 2.24) is 9.88 Å². The maximum Gasteiger partial charge on any atom is 0.295 e. The Morgan fingerprint density at radius 1 is 1.06 bits per heavy atom. The largest absolute Gasteiger partial charge is 0.507 e. The summed E-state index contributed by atoms with van der Waals surface area (Å²) in [5.74, 6) is -1.64. The van der Waals surface area contributed by atoms with Gasteiger partial charge in [-0.3, -0.25) is 14.6 Å². The number of benzene rings is 2. The number of hydrogen-bond donors (Lipinski definition) is 2. The molecule has 1 amide bonds. The van der Waals surface area contributed by atoms with Crippen molar-refractivity contribution in [2.75, 3.05) is 7.11 Å². The average Bonchev–Trinajstić information content (AvgIpc) is 3.05. The van der Waals surface area contributed by atoms with Gasteiger partial charge in [0.25, 0.3) is 11.7 Å². The van der Waals surface area contributed by atoms with E-state index < -0.39 is 17.7 Å². The summed E-state index contributed by atoms with van der Waals surface area (Å²) < 4.78 is 5.21. The molecule has 0 radical (unpaired) electrons. The van der Waals surface area contributed by atoms with Crippen LogP contribution in [-0.4, -0.2) is 38.9 Å². The highest BCUT2D eigenvalue weighted by molar-refractivity contribution is 6.46. The van der Waals surface area contributed by atoms with E-state index in [2.05, 4.69) is 4.98 Å². The van der Waals surface area contributed by atoms with Crippen molar-refractivity contribution >= 4 is 17.4 Å². The summed E-state index contributed by atoms with van der Waals surface area (Å²) in [6, 6.07) is 16.1. The number of hydrogen-bond acceptors (Lipinski definition) is 6. The lowest BCUT2D eigenvalue weighted by atomic mass is 9.95. The number of phenols is 1. The Hall–Kier alpha value is -4.13. The minimum absolute atomic E-state index is 0.0279. The second-order valence-corrected chi connectivity index (χ2v) is 7.08. The second kappa shape index (κ2) is 8.31. The molecule has 3 aromatic rings. The Balaban J connectivity index is 1.89. The van der Waals surface area contributed by atoms with Gasteiger partial charge in [0.1, 0.15) is 5.76 Å². The van der Waals surface area contributed by atoms with Crippen molar-refractivity contribution in [3.8, 4) is 11.5 Å². The van der Waals surface area contributed by atoms with Gasteiger partial charge < -0.3 is 19.8 Å². The van der Waals surface area contributed by atoms with Crippen LogP contribution in [0.4, 0.5) is 0 Å². The zero-order valence-electron chi connectivity index (χ0n) is 16.7. The molecule has 0 aliphatic carbocycles. The van der Waals surface area contributed by atoms with Crippen LogP contribution in [0.1, 0.15) is 22.7 Å². The minimum atomic E-state index is -0.858. The van der Waals surface area contributed by atoms with Gasteiger partial charge in [0.05, 0.1) is 18.7 Å². The number of aromatic hydroxyl groups is 1. The van der Waals surface area contributed by atoms with Crippen LogP contribution in [0.15, 0.2) is 78.6 Å². The first kappa shape index (κ1) is 20.2. The summed E-state index contributed by atoms with van der Waals surface area (Å²) in [6.45, 7) is 0.173. The third kappa shape index (κ3) is 3.73. The number of carbonyl (C=O) groups is 2. The Morgan fingerprint density at radius 3 is 2.45 bits per heavy atom. The van der Waals surface area contributed by atoms with E-state index >= 15 is 0 Å². The SMILES string of the molecule is COc1cc(C2/C(=C(\O)c3ccncc3)C(=O)C(=O)N2Cc2ccccc2)ccc1O. The van der Waals surface area contributed by atoms with Crippen LogP contribution in [0.3, 0.4) is 0 Å². The molecule has 4 rings (SSSR count). The van der Waals surface area contributed by atoms with Gasteiger partial charge >= 0.3 is 0 Å². The quantitative estimate of drug-likeness (QED) is 0.376. The summed E-state index contributed by atoms with van der Waals surface area (Å²) >= 11 is 0. The molecule has 0 bridgehead atoms. The van der Waals surface area contributed by atoms with E-state index in [1.165, 1.54) is 30.5 Å². The van der Waals surface area contributed by atoms with Crippen LogP contribution in [0, 0.1) is 0 Å². The molecule has 1 aliphatic heterocycles. The molecule has 156 valence electrons. The van der Waals surface area contributed by atoms with Gasteiger partial charge in [0, 0.05) is 24.5 Å². The summed E-state index contributed by atoms with van der Waals surface area (Å²) in [5.41, 5.74) is 1.72. The average molecular weight is 416 g/mol. The summed E-state index contributed by atoms with van der Waals surface area (Å²) in [6.07, 6.45) is 2.99. The number of likely N-dealkylation sites (tertiary alicyclic amines) is 1. The highest BCUT2D eigenvalue weighted by atomic mass is 16.5. The predicted molar refractivity (Wildman–Crippen MR) is 113 cm³/mol. The Bertz CT molecular complexity index is 1160. The fourth-order valence-electron chi connectivity index (χ4n) is 3.70. The zero-order chi connectivity index (χ0) is 22.0. The van der Waals surface area contributed by atoms with Gasteiger partial charge in [0.2, 0.25) is 0 Å². The molecule has 7 heteroatoms. The molecule has 1 fully saturated rings. The van der Waals surface area contributed by atoms with Crippen molar-refractivity contribution in [3.63, 3.8) is 0 Å². The Morgan fingerprint density at radius 2 is 1.77 bits per heavy atom. The molecule has 1 unspecified atom stereocenters. The fraction of sp³-hybridized carbons (Fsp3) is 0.125. The first-order valence-electron chi connectivity index (χ1n) is 9.61. The third-order valence-electron chi connectivity index (χ3n) is 5.21. The van der Waals surface area contributed by atoms with E-state index in [0.29, 0.717) is 11.1 Å². The van der Waals surface area contributed by atoms with Crippen molar-refractivity contribution in [3.05, 3.63) is 95.3 Å². The van der Waals surface area contributed by atoms with Crippen LogP contribution in [0.5, 0.6) is 11.5 Å². The molecule has 2 heterocycles. The zero-order valence-corrected chi connectivity index (χ0v) is 16.7. The van der Waals surface area contributed by atoms with Gasteiger partial charge in [-0.25, -0.2) is 0 Å². The summed E-state index contributed by atoms with van der Waals surface area (Å²) in [4.78, 5) is 31.4. The topological polar surface area (TPSA) is 100.0 Å². The molecule has 0 spiro atoms. The highest BCUT2D eigenvalue weighted by Crippen LogP contribution is 2.42. The van der Waals surface area contributed by atoms with Crippen LogP contribution < -0.4 is 4.74 Å². The monoisotopic (exact) mass is 416 g/mol. The van der Waals surface area contributed by atoms with E-state index in [4.69, 9.17) is 4.74 Å². The van der Waals surface area contributed by atoms with Crippen LogP contribution in [0.2, 0.25) is 0 Å². The number of aromatic nitrogens is 1. The van der Waals surface area contributed by atoms with E-state index in [1.54, 1.807) is 24.3 Å². The van der Waals surface area contributed by atoms with Crippen molar-refractivity contribution in [2.45, 2.75) is 12.6 Å². The van der Waals surface area contributed by atoms with Crippen molar-refractivity contribution in [1.29, 1.82) is 0 Å². The highest BCUT2D eigenvalue weighted by Gasteiger charge is 2.46. The summed E-state index contributed by atoms with van der Waals surface area (Å²) in [5, 5.41) is 21.0. The third-order valence-corrected chi connectivity index (χ3v) is 5.21. The number of carbonyl (C=O) groups excluding carboxylic acids is 2. The normalized spacial score (nSPS) is 17.7. The number of phenolic OH excluding ortho intramolecular Hbond substituents is 1. The molecule has 1 saturated heterocycles. The molecule has 31 heavy (non-hydrogen) atoms. The van der Waals surface area contributed by atoms with Crippen LogP contribution in [0.25, 0.3) is 5.76 Å². The number of amides is 1. The van der Waals surface area contributed by atoms with Crippen LogP contribution in [-0.2, 0) is 16.1 Å². The van der Waals surface area contributed by atoms with E-state index in [1.807, 2.05) is 30.3 Å². The number of pyridine rings is 1. The van der Waals surface area contributed by atoms with Gasteiger partial charge in [-0.05, 0) is 35.4 Å². The standard InChI is InChI=1S/C24H20N2O5/c1-31-19-13-17(7-8-18(19)27)21-20(22(28)16-9-11-25-12-10-16)23(29)24(30)26(21)14-15-5-3-2-4-6-15/h2-13,21,27-28H,14H2,1H3/b22-20+. The first-order chi connectivity index (χ1) is 15.0. The minimum Gasteiger partial charge on any atom is -0.507 e. The molecule has 1 aliphatic rings. The molecular formula is C24H20N2O5. The molecule has 1 aromatic heterocycles. The molecular weight excluding hydrogens is 396 g/mol. The number of aliphatic hydroxyl groups excluding tert-OH is 1. The lowest BCUT2D eigenvalue weighted by Gasteiger charge is -2.26. The van der Waals surface area contributed by atoms with E-state index in [0.717, 1.165) is 5.56 Å². The van der Waals surface area contributed by atoms with Gasteiger partial charge in [0.15, 0.2) is 11.5 Å². The predicted octanol–water partition coefficient (Wildman–Crippen LogP) is 3.42. The number of aliphatic hydroxyl groups is 1. The number of ketones is 1. The first-order valence-corrected chi connectivity index (χ1v) is 9.61. The molecule has 2 aromatic carbocycles. The van der Waals surface area contributed by atoms with Gasteiger partial charge in [-0.1, -0.05) is 36.4 Å². The molecule has 2 N–H and O–H groups in total.